The minimum atomic E-state index is 0. The zero-order chi connectivity index (χ0) is 16.7. The van der Waals surface area contributed by atoms with Crippen molar-refractivity contribution in [1.29, 1.82) is 0 Å². The number of fused-ring (bicyclic) bond motifs is 1. The number of aromatic hydroxyl groups is 1. The summed E-state index contributed by atoms with van der Waals surface area (Å²) in [5.41, 5.74) is 5.76. The van der Waals surface area contributed by atoms with Gasteiger partial charge >= 0.3 is 0 Å². The van der Waals surface area contributed by atoms with E-state index in [1.807, 2.05) is 24.6 Å². The van der Waals surface area contributed by atoms with Crippen LogP contribution in [0.25, 0.3) is 17.0 Å². The van der Waals surface area contributed by atoms with Gasteiger partial charge < -0.3 is 10.4 Å². The Morgan fingerprint density at radius 3 is 2.76 bits per heavy atom. The van der Waals surface area contributed by atoms with Crippen molar-refractivity contribution in [2.24, 2.45) is 0 Å². The van der Waals surface area contributed by atoms with Crippen LogP contribution in [-0.2, 0) is 0 Å². The van der Waals surface area contributed by atoms with Gasteiger partial charge in [-0.15, -0.1) is 23.7 Å². The number of hydrogen-bond donors (Lipinski definition) is 2. The highest BCUT2D eigenvalue weighted by atomic mass is 35.5. The Labute approximate surface area is 155 Å². The van der Waals surface area contributed by atoms with Crippen LogP contribution in [0.5, 0.6) is 5.75 Å². The molecule has 1 aromatic carbocycles. The highest BCUT2D eigenvalue weighted by Crippen LogP contribution is 2.30. The van der Waals surface area contributed by atoms with Gasteiger partial charge in [0.2, 0.25) is 0 Å². The third-order valence-corrected chi connectivity index (χ3v) is 4.56. The number of rotatable bonds is 3. The van der Waals surface area contributed by atoms with Crippen LogP contribution in [-0.4, -0.2) is 19.5 Å². The number of pyridine rings is 1. The highest BCUT2D eigenvalue weighted by molar-refractivity contribution is 7.14. The van der Waals surface area contributed by atoms with Gasteiger partial charge in [-0.25, -0.2) is 9.97 Å². The molecular weight excluding hydrogens is 356 g/mol. The van der Waals surface area contributed by atoms with Gasteiger partial charge in [0.15, 0.2) is 5.13 Å². The number of hydrogen-bond acceptors (Lipinski definition) is 5. The second-order valence-corrected chi connectivity index (χ2v) is 6.55. The van der Waals surface area contributed by atoms with E-state index in [9.17, 15) is 5.11 Å². The monoisotopic (exact) mass is 372 g/mol. The summed E-state index contributed by atoms with van der Waals surface area (Å²) in [6.45, 7) is 4.06. The molecule has 0 radical (unpaired) electrons. The lowest BCUT2D eigenvalue weighted by Gasteiger charge is -2.03. The molecular formula is C18H17ClN4OS. The van der Waals surface area contributed by atoms with E-state index in [0.29, 0.717) is 0 Å². The molecule has 4 aromatic rings. The molecule has 2 N–H and O–H groups in total. The first-order valence-corrected chi connectivity index (χ1v) is 8.45. The molecule has 128 valence electrons. The van der Waals surface area contributed by atoms with Crippen molar-refractivity contribution in [2.45, 2.75) is 13.8 Å². The van der Waals surface area contributed by atoms with Crippen molar-refractivity contribution < 1.29 is 5.11 Å². The largest absolute Gasteiger partial charge is 0.508 e. The second kappa shape index (κ2) is 6.74. The number of phenolic OH excluding ortho intramolecular Hbond substituents is 1. The number of benzene rings is 1. The van der Waals surface area contributed by atoms with Crippen LogP contribution < -0.4 is 5.32 Å². The first kappa shape index (κ1) is 17.3. The van der Waals surface area contributed by atoms with E-state index >= 15 is 0 Å². The van der Waals surface area contributed by atoms with Crippen LogP contribution in [0, 0.1) is 13.8 Å². The number of aryl methyl sites for hydroxylation is 2. The Balaban J connectivity index is 0.00000182. The minimum Gasteiger partial charge on any atom is -0.508 e. The van der Waals surface area contributed by atoms with Crippen molar-refractivity contribution in [1.82, 2.24) is 14.4 Å². The van der Waals surface area contributed by atoms with Gasteiger partial charge in [0.1, 0.15) is 17.1 Å². The summed E-state index contributed by atoms with van der Waals surface area (Å²) in [5.74, 6) is 0.227. The average molecular weight is 373 g/mol. The fraction of sp³-hybridized carbons (Fsp3) is 0.111. The predicted octanol–water partition coefficient (Wildman–Crippen LogP) is 4.95. The van der Waals surface area contributed by atoms with E-state index in [1.165, 1.54) is 16.9 Å². The standard InChI is InChI=1S/C18H16N4OS.ClH/c1-11-6-7-22-16(8-11)19-12(2)17(22)15-10-24-18(21-15)20-13-4-3-5-14(23)9-13;/h3-10,23H,1-2H3,(H,20,21);1H. The summed E-state index contributed by atoms with van der Waals surface area (Å²) in [5, 5.41) is 15.6. The van der Waals surface area contributed by atoms with Crippen LogP contribution >= 0.6 is 23.7 Å². The lowest BCUT2D eigenvalue weighted by atomic mass is 10.2. The van der Waals surface area contributed by atoms with Gasteiger partial charge in [-0.1, -0.05) is 6.07 Å². The molecule has 3 aromatic heterocycles. The maximum absolute atomic E-state index is 9.56. The number of thiazole rings is 1. The van der Waals surface area contributed by atoms with Crippen LogP contribution in [0.1, 0.15) is 11.3 Å². The molecule has 0 spiro atoms. The first-order chi connectivity index (χ1) is 11.6. The lowest BCUT2D eigenvalue weighted by molar-refractivity contribution is 0.475. The quantitative estimate of drug-likeness (QED) is 0.534. The maximum Gasteiger partial charge on any atom is 0.187 e. The van der Waals surface area contributed by atoms with E-state index in [1.54, 1.807) is 18.2 Å². The van der Waals surface area contributed by atoms with Crippen molar-refractivity contribution in [2.75, 3.05) is 5.32 Å². The molecule has 0 fully saturated rings. The third-order valence-electron chi connectivity index (χ3n) is 3.80. The smallest absolute Gasteiger partial charge is 0.187 e. The molecule has 25 heavy (non-hydrogen) atoms. The molecule has 3 heterocycles. The van der Waals surface area contributed by atoms with Gasteiger partial charge in [0.05, 0.1) is 11.4 Å². The van der Waals surface area contributed by atoms with Crippen LogP contribution in [0.15, 0.2) is 48.0 Å². The molecule has 0 aliphatic heterocycles. The number of nitrogens with zero attached hydrogens (tertiary/aromatic N) is 3. The van der Waals surface area contributed by atoms with Gasteiger partial charge in [-0.2, -0.15) is 0 Å². The molecule has 0 saturated heterocycles. The number of aromatic nitrogens is 3. The fourth-order valence-corrected chi connectivity index (χ4v) is 3.44. The van der Waals surface area contributed by atoms with E-state index < -0.39 is 0 Å². The summed E-state index contributed by atoms with van der Waals surface area (Å²) in [6.07, 6.45) is 2.03. The van der Waals surface area contributed by atoms with Crippen molar-refractivity contribution in [3.05, 3.63) is 59.2 Å². The van der Waals surface area contributed by atoms with Gasteiger partial charge in [0.25, 0.3) is 0 Å². The Bertz CT molecular complexity index is 1040. The lowest BCUT2D eigenvalue weighted by Crippen LogP contribution is -1.92. The molecule has 0 atom stereocenters. The van der Waals surface area contributed by atoms with Crippen molar-refractivity contribution in [3.8, 4) is 17.1 Å². The second-order valence-electron chi connectivity index (χ2n) is 5.69. The van der Waals surface area contributed by atoms with Crippen LogP contribution in [0.2, 0.25) is 0 Å². The third kappa shape index (κ3) is 3.31. The zero-order valence-corrected chi connectivity index (χ0v) is 15.4. The molecule has 5 nitrogen and oxygen atoms in total. The molecule has 7 heteroatoms. The molecule has 0 saturated carbocycles. The topological polar surface area (TPSA) is 62.5 Å². The number of anilines is 2. The molecule has 4 rings (SSSR count). The summed E-state index contributed by atoms with van der Waals surface area (Å²) in [4.78, 5) is 9.31. The molecule has 0 aliphatic rings. The Hall–Kier alpha value is -2.57. The molecule has 0 bridgehead atoms. The van der Waals surface area contributed by atoms with Gasteiger partial charge in [-0.3, -0.25) is 4.40 Å². The Kier molecular flexibility index (Phi) is 4.65. The molecule has 0 amide bonds. The number of phenols is 1. The van der Waals surface area contributed by atoms with E-state index in [2.05, 4.69) is 38.7 Å². The van der Waals surface area contributed by atoms with Gasteiger partial charge in [0, 0.05) is 23.3 Å². The normalized spacial score (nSPS) is 10.6. The first-order valence-electron chi connectivity index (χ1n) is 7.57. The highest BCUT2D eigenvalue weighted by Gasteiger charge is 2.14. The van der Waals surface area contributed by atoms with E-state index in [-0.39, 0.29) is 18.2 Å². The van der Waals surface area contributed by atoms with Gasteiger partial charge in [-0.05, 0) is 43.7 Å². The SMILES string of the molecule is Cc1ccn2c(-c3csc(Nc4cccc(O)c4)n3)c(C)nc2c1.Cl. The predicted molar refractivity (Wildman–Crippen MR) is 104 cm³/mol. The van der Waals surface area contributed by atoms with E-state index in [0.717, 1.165) is 33.5 Å². The number of halogens is 1. The van der Waals surface area contributed by atoms with E-state index in [4.69, 9.17) is 0 Å². The summed E-state index contributed by atoms with van der Waals surface area (Å²) in [6, 6.07) is 11.1. The molecule has 0 aliphatic carbocycles. The zero-order valence-electron chi connectivity index (χ0n) is 13.7. The van der Waals surface area contributed by atoms with Crippen LogP contribution in [0.3, 0.4) is 0 Å². The molecule has 0 unspecified atom stereocenters. The number of nitrogens with one attached hydrogen (secondary N) is 1. The minimum absolute atomic E-state index is 0. The van der Waals surface area contributed by atoms with Crippen molar-refractivity contribution >= 4 is 40.2 Å². The van der Waals surface area contributed by atoms with Crippen LogP contribution in [0.4, 0.5) is 10.8 Å². The fourth-order valence-electron chi connectivity index (χ4n) is 2.72. The summed E-state index contributed by atoms with van der Waals surface area (Å²) in [7, 11) is 0. The van der Waals surface area contributed by atoms with Crippen molar-refractivity contribution in [3.63, 3.8) is 0 Å². The Morgan fingerprint density at radius 2 is 1.96 bits per heavy atom. The maximum atomic E-state index is 9.56. The number of imidazole rings is 1. The summed E-state index contributed by atoms with van der Waals surface area (Å²) >= 11 is 1.52. The Morgan fingerprint density at radius 1 is 1.12 bits per heavy atom. The summed E-state index contributed by atoms with van der Waals surface area (Å²) < 4.78 is 2.06. The average Bonchev–Trinajstić information content (AvgIpc) is 3.10.